The van der Waals surface area contributed by atoms with E-state index < -0.39 is 5.41 Å². The Morgan fingerprint density at radius 2 is 0.694 bits per heavy atom. The Balaban J connectivity index is 1.04. The first-order valence-electron chi connectivity index (χ1n) is 21.4. The van der Waals surface area contributed by atoms with E-state index in [9.17, 15) is 0 Å². The third-order valence-corrected chi connectivity index (χ3v) is 13.4. The summed E-state index contributed by atoms with van der Waals surface area (Å²) in [5.41, 5.74) is 17.8. The largest absolute Gasteiger partial charge is 0.208 e. The van der Waals surface area contributed by atoms with Crippen LogP contribution in [0.1, 0.15) is 47.2 Å². The van der Waals surface area contributed by atoms with E-state index in [0.29, 0.717) is 17.5 Å². The molecule has 0 radical (unpaired) electrons. The van der Waals surface area contributed by atoms with Crippen molar-refractivity contribution in [3.8, 4) is 67.5 Å². The van der Waals surface area contributed by atoms with E-state index in [1.807, 2.05) is 60.7 Å². The normalized spacial score (nSPS) is 13.9. The lowest BCUT2D eigenvalue weighted by atomic mass is 9.55. The highest BCUT2D eigenvalue weighted by Gasteiger charge is 2.53. The number of fused-ring (bicyclic) bond motifs is 10. The molecule has 1 spiro atoms. The molecule has 0 N–H and O–H groups in total. The summed E-state index contributed by atoms with van der Waals surface area (Å²) in [5.74, 6) is 1.95. The summed E-state index contributed by atoms with van der Waals surface area (Å²) in [5, 5.41) is 2.44. The monoisotopic (exact) mass is 791 g/mol. The first kappa shape index (κ1) is 36.1. The Bertz CT molecular complexity index is 3250. The number of hydrogen-bond donors (Lipinski definition) is 0. The van der Waals surface area contributed by atoms with Crippen LogP contribution in [0.15, 0.2) is 212 Å². The van der Waals surface area contributed by atoms with Crippen LogP contribution in [-0.2, 0) is 10.8 Å². The van der Waals surface area contributed by atoms with Crippen molar-refractivity contribution in [2.45, 2.75) is 24.7 Å². The van der Waals surface area contributed by atoms with Crippen molar-refractivity contribution in [1.82, 2.24) is 15.0 Å². The van der Waals surface area contributed by atoms with E-state index in [1.54, 1.807) is 0 Å². The first-order valence-corrected chi connectivity index (χ1v) is 21.4. The zero-order valence-corrected chi connectivity index (χ0v) is 34.5. The Labute approximate surface area is 362 Å². The molecule has 292 valence electrons. The highest BCUT2D eigenvalue weighted by atomic mass is 15.0. The predicted molar refractivity (Wildman–Crippen MR) is 254 cm³/mol. The molecule has 0 aliphatic heterocycles. The lowest BCUT2D eigenvalue weighted by molar-refractivity contribution is 0.563. The molecule has 0 saturated carbocycles. The van der Waals surface area contributed by atoms with E-state index in [0.717, 1.165) is 22.3 Å². The van der Waals surface area contributed by atoms with Crippen molar-refractivity contribution in [3.63, 3.8) is 0 Å². The Kier molecular flexibility index (Phi) is 8.10. The van der Waals surface area contributed by atoms with Crippen molar-refractivity contribution in [2.24, 2.45) is 0 Å². The van der Waals surface area contributed by atoms with Gasteiger partial charge >= 0.3 is 0 Å². The summed E-state index contributed by atoms with van der Waals surface area (Å²) in [6.45, 7) is 4.77. The highest BCUT2D eigenvalue weighted by Crippen LogP contribution is 2.63. The van der Waals surface area contributed by atoms with Crippen LogP contribution < -0.4 is 0 Å². The van der Waals surface area contributed by atoms with Gasteiger partial charge < -0.3 is 0 Å². The molecule has 9 aromatic carbocycles. The van der Waals surface area contributed by atoms with Gasteiger partial charge in [0.25, 0.3) is 0 Å². The van der Waals surface area contributed by atoms with Gasteiger partial charge in [0, 0.05) is 22.1 Å². The lowest BCUT2D eigenvalue weighted by Gasteiger charge is -2.46. The number of hydrogen-bond acceptors (Lipinski definition) is 3. The molecule has 0 fully saturated rings. The van der Waals surface area contributed by atoms with Crippen molar-refractivity contribution in [1.29, 1.82) is 0 Å². The average molecular weight is 792 g/mol. The van der Waals surface area contributed by atoms with E-state index in [2.05, 4.69) is 166 Å². The molecule has 12 rings (SSSR count). The van der Waals surface area contributed by atoms with Crippen molar-refractivity contribution >= 4 is 10.8 Å². The molecule has 62 heavy (non-hydrogen) atoms. The molecule has 2 aliphatic carbocycles. The molecule has 2 aliphatic rings. The standard InChI is InChI=1S/C59H41N3/c1-58(2)48-29-11-13-31-50(48)59(51-32-14-12-30-49(51)58)47-28-10-9-24-46(47)54-45(27-17-33-52(54)59)44-26-16-23-39-22-15-25-43(53(39)44)38-34-36-42(37-35-38)57-61-55(40-18-5-3-6-19-40)60-56(62-57)41-20-7-4-8-21-41/h3-37H,1-2H3. The van der Waals surface area contributed by atoms with E-state index in [4.69, 9.17) is 15.0 Å². The van der Waals surface area contributed by atoms with Crippen molar-refractivity contribution < 1.29 is 0 Å². The van der Waals surface area contributed by atoms with Gasteiger partial charge in [0.2, 0.25) is 0 Å². The molecule has 0 atom stereocenters. The maximum Gasteiger partial charge on any atom is 0.164 e. The molecule has 0 bridgehead atoms. The summed E-state index contributed by atoms with van der Waals surface area (Å²) in [7, 11) is 0. The van der Waals surface area contributed by atoms with Gasteiger partial charge in [-0.3, -0.25) is 0 Å². The zero-order chi connectivity index (χ0) is 41.4. The van der Waals surface area contributed by atoms with E-state index in [1.165, 1.54) is 72.0 Å². The fraction of sp³-hybridized carbons (Fsp3) is 0.0678. The maximum atomic E-state index is 5.01. The maximum absolute atomic E-state index is 5.01. The molecule has 1 heterocycles. The molecular formula is C59H41N3. The van der Waals surface area contributed by atoms with Crippen LogP contribution in [0.25, 0.3) is 78.3 Å². The predicted octanol–water partition coefficient (Wildman–Crippen LogP) is 14.4. The fourth-order valence-electron chi connectivity index (χ4n) is 10.7. The van der Waals surface area contributed by atoms with Crippen molar-refractivity contribution in [3.05, 3.63) is 246 Å². The number of nitrogens with zero attached hydrogens (tertiary/aromatic N) is 3. The first-order chi connectivity index (χ1) is 30.5. The van der Waals surface area contributed by atoms with Gasteiger partial charge in [-0.25, -0.2) is 15.0 Å². The van der Waals surface area contributed by atoms with Gasteiger partial charge in [-0.2, -0.15) is 0 Å². The zero-order valence-electron chi connectivity index (χ0n) is 34.5. The Morgan fingerprint density at radius 1 is 0.290 bits per heavy atom. The van der Waals surface area contributed by atoms with Crippen LogP contribution in [-0.4, -0.2) is 15.0 Å². The molecule has 10 aromatic rings. The van der Waals surface area contributed by atoms with Gasteiger partial charge in [0.05, 0.1) is 5.41 Å². The third kappa shape index (κ3) is 5.28. The smallest absolute Gasteiger partial charge is 0.164 e. The summed E-state index contributed by atoms with van der Waals surface area (Å²) >= 11 is 0. The molecule has 1 aromatic heterocycles. The van der Waals surface area contributed by atoms with Crippen LogP contribution in [0, 0.1) is 0 Å². The van der Waals surface area contributed by atoms with Gasteiger partial charge in [-0.15, -0.1) is 0 Å². The van der Waals surface area contributed by atoms with Gasteiger partial charge in [-0.1, -0.05) is 226 Å². The Morgan fingerprint density at radius 3 is 1.27 bits per heavy atom. The SMILES string of the molecule is CC1(C)c2ccccc2C2(c3ccccc3-c3c(-c4cccc5cccc(-c6ccc(-c7nc(-c8ccccc8)nc(-c8ccccc8)n7)cc6)c45)cccc32)c2ccccc21. The lowest BCUT2D eigenvalue weighted by Crippen LogP contribution is -2.40. The second kappa shape index (κ2) is 13.9. The molecular weight excluding hydrogens is 751 g/mol. The summed E-state index contributed by atoms with van der Waals surface area (Å²) in [4.78, 5) is 14.9. The quantitative estimate of drug-likeness (QED) is 0.174. The molecule has 0 amide bonds. The van der Waals surface area contributed by atoms with Crippen molar-refractivity contribution in [2.75, 3.05) is 0 Å². The minimum atomic E-state index is -0.455. The van der Waals surface area contributed by atoms with Gasteiger partial charge in [0.15, 0.2) is 17.5 Å². The minimum absolute atomic E-state index is 0.147. The fourth-order valence-corrected chi connectivity index (χ4v) is 10.7. The second-order valence-corrected chi connectivity index (χ2v) is 17.1. The molecule has 3 heteroatoms. The number of benzene rings is 9. The van der Waals surface area contributed by atoms with E-state index in [-0.39, 0.29) is 5.41 Å². The molecule has 3 nitrogen and oxygen atoms in total. The van der Waals surface area contributed by atoms with Gasteiger partial charge in [-0.05, 0) is 77.5 Å². The van der Waals surface area contributed by atoms with Crippen LogP contribution in [0.5, 0.6) is 0 Å². The topological polar surface area (TPSA) is 38.7 Å². The minimum Gasteiger partial charge on any atom is -0.208 e. The van der Waals surface area contributed by atoms with Gasteiger partial charge in [0.1, 0.15) is 0 Å². The van der Waals surface area contributed by atoms with Crippen LogP contribution in [0.3, 0.4) is 0 Å². The van der Waals surface area contributed by atoms with Crippen LogP contribution in [0.2, 0.25) is 0 Å². The summed E-state index contributed by atoms with van der Waals surface area (Å²) in [6, 6.07) is 76.9. The summed E-state index contributed by atoms with van der Waals surface area (Å²) in [6.07, 6.45) is 0. The number of rotatable bonds is 5. The Hall–Kier alpha value is -7.75. The average Bonchev–Trinajstić information content (AvgIpc) is 3.64. The van der Waals surface area contributed by atoms with Crippen LogP contribution >= 0.6 is 0 Å². The van der Waals surface area contributed by atoms with E-state index >= 15 is 0 Å². The number of aromatic nitrogens is 3. The van der Waals surface area contributed by atoms with Crippen LogP contribution in [0.4, 0.5) is 0 Å². The summed E-state index contributed by atoms with van der Waals surface area (Å²) < 4.78 is 0. The molecule has 0 saturated heterocycles. The highest BCUT2D eigenvalue weighted by molar-refractivity contribution is 6.10. The second-order valence-electron chi connectivity index (χ2n) is 17.1. The third-order valence-electron chi connectivity index (χ3n) is 13.4. The molecule has 0 unspecified atom stereocenters.